The molecule has 1 aromatic heterocycles. The zero-order valence-corrected chi connectivity index (χ0v) is 6.65. The Labute approximate surface area is 69.7 Å². The fourth-order valence-corrected chi connectivity index (χ4v) is 1.16. The van der Waals surface area contributed by atoms with Crippen LogP contribution in [-0.4, -0.2) is 15.1 Å². The van der Waals surface area contributed by atoms with Crippen LogP contribution in [0.25, 0.3) is 11.0 Å². The molecule has 0 unspecified atom stereocenters. The molecule has 0 amide bonds. The van der Waals surface area contributed by atoms with Gasteiger partial charge in [0, 0.05) is 0 Å². The zero-order valence-electron chi connectivity index (χ0n) is 6.65. The van der Waals surface area contributed by atoms with Crippen LogP contribution in [0.2, 0.25) is 0 Å². The molecule has 3 heteroatoms. The zero-order chi connectivity index (χ0) is 8.55. The van der Waals surface area contributed by atoms with Crippen molar-refractivity contribution in [1.82, 2.24) is 9.97 Å². The van der Waals surface area contributed by atoms with Crippen LogP contribution in [0, 0.1) is 6.92 Å². The molecule has 1 N–H and O–H groups in total. The molecular weight excluding hydrogens is 152 g/mol. The van der Waals surface area contributed by atoms with Gasteiger partial charge < -0.3 is 5.11 Å². The summed E-state index contributed by atoms with van der Waals surface area (Å²) in [5, 5.41) is 9.08. The van der Waals surface area contributed by atoms with Gasteiger partial charge >= 0.3 is 0 Å². The van der Waals surface area contributed by atoms with Crippen LogP contribution in [-0.2, 0) is 0 Å². The van der Waals surface area contributed by atoms with Gasteiger partial charge in [-0.1, -0.05) is 12.1 Å². The maximum absolute atomic E-state index is 9.08. The Hall–Kier alpha value is -1.64. The highest BCUT2D eigenvalue weighted by atomic mass is 16.3. The molecule has 12 heavy (non-hydrogen) atoms. The lowest BCUT2D eigenvalue weighted by atomic mass is 10.2. The van der Waals surface area contributed by atoms with Gasteiger partial charge in [0.1, 0.15) is 0 Å². The lowest BCUT2D eigenvalue weighted by molar-refractivity contribution is 0.453. The molecular formula is C9H8N2O. The highest BCUT2D eigenvalue weighted by molar-refractivity contribution is 5.77. The van der Waals surface area contributed by atoms with Crippen LogP contribution in [0.4, 0.5) is 0 Å². The predicted molar refractivity (Wildman–Crippen MR) is 45.9 cm³/mol. The van der Waals surface area contributed by atoms with Crippen molar-refractivity contribution in [1.29, 1.82) is 0 Å². The van der Waals surface area contributed by atoms with Gasteiger partial charge in [-0.2, -0.15) is 0 Å². The van der Waals surface area contributed by atoms with Crippen LogP contribution in [0.15, 0.2) is 24.4 Å². The van der Waals surface area contributed by atoms with E-state index in [1.807, 2.05) is 25.1 Å². The second-order valence-electron chi connectivity index (χ2n) is 2.67. The number of aryl methyl sites for hydroxylation is 1. The van der Waals surface area contributed by atoms with Gasteiger partial charge in [-0.3, -0.25) is 0 Å². The van der Waals surface area contributed by atoms with Crippen molar-refractivity contribution < 1.29 is 5.11 Å². The van der Waals surface area contributed by atoms with E-state index in [4.69, 9.17) is 5.11 Å². The van der Waals surface area contributed by atoms with Gasteiger partial charge in [-0.25, -0.2) is 9.97 Å². The van der Waals surface area contributed by atoms with Gasteiger partial charge in [0.25, 0.3) is 0 Å². The van der Waals surface area contributed by atoms with E-state index in [1.165, 1.54) is 6.20 Å². The molecule has 60 valence electrons. The first-order valence-corrected chi connectivity index (χ1v) is 3.69. The Morgan fingerprint density at radius 1 is 1.33 bits per heavy atom. The Morgan fingerprint density at radius 2 is 2.17 bits per heavy atom. The molecule has 0 radical (unpaired) electrons. The molecule has 0 spiro atoms. The van der Waals surface area contributed by atoms with Crippen molar-refractivity contribution in [3.8, 4) is 5.88 Å². The van der Waals surface area contributed by atoms with Crippen LogP contribution in [0.5, 0.6) is 5.88 Å². The second-order valence-corrected chi connectivity index (χ2v) is 2.67. The van der Waals surface area contributed by atoms with Crippen molar-refractivity contribution in [2.24, 2.45) is 0 Å². The van der Waals surface area contributed by atoms with Crippen molar-refractivity contribution in [3.63, 3.8) is 0 Å². The third kappa shape index (κ3) is 0.993. The number of hydrogen-bond donors (Lipinski definition) is 1. The van der Waals surface area contributed by atoms with Crippen LogP contribution >= 0.6 is 0 Å². The molecule has 0 aliphatic rings. The summed E-state index contributed by atoms with van der Waals surface area (Å²) in [6.45, 7) is 1.94. The van der Waals surface area contributed by atoms with E-state index in [-0.39, 0.29) is 5.88 Å². The lowest BCUT2D eigenvalue weighted by Crippen LogP contribution is -1.85. The summed E-state index contributed by atoms with van der Waals surface area (Å²) in [5.74, 6) is -0.0307. The Morgan fingerprint density at radius 3 is 3.00 bits per heavy atom. The van der Waals surface area contributed by atoms with E-state index in [0.717, 1.165) is 16.6 Å². The number of fused-ring (bicyclic) bond motifs is 1. The summed E-state index contributed by atoms with van der Waals surface area (Å²) in [7, 11) is 0. The maximum atomic E-state index is 9.08. The maximum Gasteiger partial charge on any atom is 0.230 e. The normalized spacial score (nSPS) is 10.4. The SMILES string of the molecule is Cc1cccc2ncc(O)nc12. The number of aromatic hydroxyl groups is 1. The molecule has 0 aliphatic carbocycles. The Kier molecular flexibility index (Phi) is 1.43. The summed E-state index contributed by atoms with van der Waals surface area (Å²) in [4.78, 5) is 8.00. The number of nitrogens with zero attached hydrogens (tertiary/aromatic N) is 2. The molecule has 0 saturated carbocycles. The summed E-state index contributed by atoms with van der Waals surface area (Å²) in [6.07, 6.45) is 1.35. The first-order valence-electron chi connectivity index (χ1n) is 3.69. The Balaban J connectivity index is 2.88. The average molecular weight is 160 g/mol. The number of benzene rings is 1. The Bertz CT molecular complexity index is 426. The molecule has 0 aliphatic heterocycles. The molecule has 1 aromatic carbocycles. The van der Waals surface area contributed by atoms with Crippen LogP contribution in [0.3, 0.4) is 0 Å². The first kappa shape index (κ1) is 7.03. The molecule has 0 saturated heterocycles. The number of para-hydroxylation sites is 1. The van der Waals surface area contributed by atoms with Crippen LogP contribution in [0.1, 0.15) is 5.56 Å². The molecule has 2 aromatic rings. The molecule has 2 rings (SSSR count). The highest BCUT2D eigenvalue weighted by Gasteiger charge is 1.99. The topological polar surface area (TPSA) is 46.0 Å². The smallest absolute Gasteiger partial charge is 0.230 e. The minimum atomic E-state index is -0.0307. The standard InChI is InChI=1S/C9H8N2O/c1-6-3-2-4-7-9(6)11-8(12)5-10-7/h2-5H,1H3,(H,11,12). The summed E-state index contributed by atoms with van der Waals surface area (Å²) in [6, 6.07) is 5.73. The summed E-state index contributed by atoms with van der Waals surface area (Å²) < 4.78 is 0. The van der Waals surface area contributed by atoms with E-state index in [0.29, 0.717) is 0 Å². The van der Waals surface area contributed by atoms with E-state index in [2.05, 4.69) is 9.97 Å². The predicted octanol–water partition coefficient (Wildman–Crippen LogP) is 1.64. The highest BCUT2D eigenvalue weighted by Crippen LogP contribution is 2.15. The van der Waals surface area contributed by atoms with Crippen molar-refractivity contribution in [2.45, 2.75) is 6.92 Å². The molecule has 3 nitrogen and oxygen atoms in total. The minimum Gasteiger partial charge on any atom is -0.492 e. The van der Waals surface area contributed by atoms with Crippen LogP contribution < -0.4 is 0 Å². The largest absolute Gasteiger partial charge is 0.492 e. The third-order valence-electron chi connectivity index (χ3n) is 1.76. The third-order valence-corrected chi connectivity index (χ3v) is 1.76. The van der Waals surface area contributed by atoms with Gasteiger partial charge in [0.15, 0.2) is 0 Å². The van der Waals surface area contributed by atoms with Gasteiger partial charge in [0.05, 0.1) is 17.2 Å². The van der Waals surface area contributed by atoms with Crippen molar-refractivity contribution in [3.05, 3.63) is 30.0 Å². The van der Waals surface area contributed by atoms with Gasteiger partial charge in [0.2, 0.25) is 5.88 Å². The fourth-order valence-electron chi connectivity index (χ4n) is 1.16. The molecule has 0 bridgehead atoms. The van der Waals surface area contributed by atoms with Crippen molar-refractivity contribution >= 4 is 11.0 Å². The van der Waals surface area contributed by atoms with E-state index < -0.39 is 0 Å². The number of aromatic nitrogens is 2. The van der Waals surface area contributed by atoms with Gasteiger partial charge in [-0.15, -0.1) is 0 Å². The molecule has 0 fully saturated rings. The number of rotatable bonds is 0. The fraction of sp³-hybridized carbons (Fsp3) is 0.111. The van der Waals surface area contributed by atoms with Crippen molar-refractivity contribution in [2.75, 3.05) is 0 Å². The summed E-state index contributed by atoms with van der Waals surface area (Å²) >= 11 is 0. The number of hydrogen-bond acceptors (Lipinski definition) is 3. The lowest BCUT2D eigenvalue weighted by Gasteiger charge is -1.99. The van der Waals surface area contributed by atoms with E-state index >= 15 is 0 Å². The van der Waals surface area contributed by atoms with Gasteiger partial charge in [-0.05, 0) is 18.6 Å². The van der Waals surface area contributed by atoms with E-state index in [9.17, 15) is 0 Å². The van der Waals surface area contributed by atoms with E-state index in [1.54, 1.807) is 0 Å². The quantitative estimate of drug-likeness (QED) is 0.637. The first-order chi connectivity index (χ1) is 5.77. The average Bonchev–Trinajstić information content (AvgIpc) is 2.07. The molecule has 0 atom stereocenters. The molecule has 1 heterocycles. The second kappa shape index (κ2) is 2.44. The minimum absolute atomic E-state index is 0.0307. The summed E-state index contributed by atoms with van der Waals surface area (Å²) in [5.41, 5.74) is 2.60. The monoisotopic (exact) mass is 160 g/mol.